The van der Waals surface area contributed by atoms with Crippen LogP contribution in [0.3, 0.4) is 0 Å². The highest BCUT2D eigenvalue weighted by Gasteiger charge is 2.27. The molecule has 39 heavy (non-hydrogen) atoms. The highest BCUT2D eigenvalue weighted by Crippen LogP contribution is 2.28. The molecule has 0 N–H and O–H groups in total. The van der Waals surface area contributed by atoms with Gasteiger partial charge < -0.3 is 14.3 Å². The number of oxime groups is 1. The second kappa shape index (κ2) is 13.1. The third-order valence-corrected chi connectivity index (χ3v) is 5.67. The van der Waals surface area contributed by atoms with Crippen molar-refractivity contribution in [1.82, 2.24) is 14.3 Å². The Balaban J connectivity index is 2.26. The van der Waals surface area contributed by atoms with E-state index in [1.807, 2.05) is 26.0 Å². The molecule has 2 heterocycles. The maximum absolute atomic E-state index is 13.7. The number of benzene rings is 1. The first-order valence-corrected chi connectivity index (χ1v) is 12.8. The van der Waals surface area contributed by atoms with E-state index in [0.717, 1.165) is 27.6 Å². The molecule has 3 rings (SSSR count). The minimum atomic E-state index is -0.797. The highest BCUT2D eigenvalue weighted by molar-refractivity contribution is 5.98. The van der Waals surface area contributed by atoms with Gasteiger partial charge in [-0.25, -0.2) is 19.7 Å². The minimum absolute atomic E-state index is 0.0506. The van der Waals surface area contributed by atoms with Crippen LogP contribution in [0.1, 0.15) is 58.6 Å². The van der Waals surface area contributed by atoms with Crippen molar-refractivity contribution in [1.29, 1.82) is 0 Å². The molecule has 1 aromatic heterocycles. The molecular weight excluding hydrogens is 506 g/mol. The van der Waals surface area contributed by atoms with Gasteiger partial charge in [-0.1, -0.05) is 17.3 Å². The molecule has 2 aromatic rings. The van der Waals surface area contributed by atoms with E-state index in [9.17, 15) is 14.4 Å². The molecule has 0 saturated carbocycles. The van der Waals surface area contributed by atoms with Crippen molar-refractivity contribution in [2.45, 2.75) is 59.7 Å². The maximum Gasteiger partial charge on any atom is 0.362 e. The number of carbonyl (C=O) groups excluding carboxylic acids is 1. The summed E-state index contributed by atoms with van der Waals surface area (Å²) in [6.07, 6.45) is 3.88. The second-order valence-electron chi connectivity index (χ2n) is 9.49. The number of amides is 2. The van der Waals surface area contributed by atoms with Crippen molar-refractivity contribution < 1.29 is 23.9 Å². The monoisotopic (exact) mass is 543 g/mol. The largest absolute Gasteiger partial charge is 0.496 e. The number of hydrogen-bond acceptors (Lipinski definition) is 8. The van der Waals surface area contributed by atoms with Gasteiger partial charge in [0, 0.05) is 13.2 Å². The molecule has 1 fully saturated rings. The SMILES string of the molecule is COc1ccccc1/C(=C/n1cc(/C(C)=N/OC(C)C)c(=O)n(N(C)C(=O)N2CCCCO2)c1=O)OC(C)C. The maximum atomic E-state index is 13.7. The summed E-state index contributed by atoms with van der Waals surface area (Å²) in [4.78, 5) is 51.3. The molecule has 212 valence electrons. The smallest absolute Gasteiger partial charge is 0.362 e. The Hall–Kier alpha value is -4.06. The van der Waals surface area contributed by atoms with Crippen LogP contribution in [0.4, 0.5) is 4.79 Å². The van der Waals surface area contributed by atoms with E-state index in [2.05, 4.69) is 5.16 Å². The molecule has 0 radical (unpaired) electrons. The van der Waals surface area contributed by atoms with Gasteiger partial charge in [0.15, 0.2) is 0 Å². The number of urea groups is 1. The molecule has 1 aliphatic rings. The first-order valence-electron chi connectivity index (χ1n) is 12.8. The summed E-state index contributed by atoms with van der Waals surface area (Å²) in [5.41, 5.74) is -0.666. The minimum Gasteiger partial charge on any atom is -0.496 e. The van der Waals surface area contributed by atoms with E-state index in [4.69, 9.17) is 19.1 Å². The molecule has 0 aliphatic carbocycles. The lowest BCUT2D eigenvalue weighted by atomic mass is 10.1. The third-order valence-electron chi connectivity index (χ3n) is 5.67. The second-order valence-corrected chi connectivity index (χ2v) is 9.49. The first-order chi connectivity index (χ1) is 18.5. The number of nitrogens with zero attached hydrogens (tertiary/aromatic N) is 5. The lowest BCUT2D eigenvalue weighted by molar-refractivity contribution is -0.138. The quantitative estimate of drug-likeness (QED) is 0.271. The number of ether oxygens (including phenoxy) is 2. The zero-order valence-corrected chi connectivity index (χ0v) is 23.5. The van der Waals surface area contributed by atoms with Crippen molar-refractivity contribution in [2.75, 3.05) is 32.3 Å². The van der Waals surface area contributed by atoms with Gasteiger partial charge in [0.2, 0.25) is 0 Å². The summed E-state index contributed by atoms with van der Waals surface area (Å²) in [7, 11) is 2.87. The van der Waals surface area contributed by atoms with Crippen LogP contribution in [0.5, 0.6) is 5.75 Å². The molecule has 1 aromatic carbocycles. The van der Waals surface area contributed by atoms with Gasteiger partial charge in [0.25, 0.3) is 5.56 Å². The van der Waals surface area contributed by atoms with Crippen molar-refractivity contribution in [2.24, 2.45) is 5.16 Å². The summed E-state index contributed by atoms with van der Waals surface area (Å²) in [5.74, 6) is 0.852. The van der Waals surface area contributed by atoms with Crippen LogP contribution in [0.15, 0.2) is 45.2 Å². The standard InChI is InChI=1S/C27H37N5O7/c1-18(2)38-24(21-12-8-9-13-23(21)36-7)17-30-16-22(20(5)28-39-19(3)4)25(33)32(27(30)35)29(6)26(34)31-14-10-11-15-37-31/h8-9,12-13,16-19H,10-11,14-15H2,1-7H3/b24-17-,28-20+. The zero-order chi connectivity index (χ0) is 28.7. The Morgan fingerprint density at radius 1 is 1.10 bits per heavy atom. The highest BCUT2D eigenvalue weighted by atomic mass is 16.7. The summed E-state index contributed by atoms with van der Waals surface area (Å²) in [6, 6.07) is 6.54. The molecule has 12 heteroatoms. The number of para-hydroxylation sites is 1. The van der Waals surface area contributed by atoms with Gasteiger partial charge >= 0.3 is 11.7 Å². The van der Waals surface area contributed by atoms with Crippen molar-refractivity contribution in [3.63, 3.8) is 0 Å². The molecule has 0 unspecified atom stereocenters. The van der Waals surface area contributed by atoms with E-state index in [-0.39, 0.29) is 23.5 Å². The molecule has 1 saturated heterocycles. The van der Waals surface area contributed by atoms with Gasteiger partial charge in [-0.2, -0.15) is 4.68 Å². The van der Waals surface area contributed by atoms with Crippen LogP contribution in [0.25, 0.3) is 12.0 Å². The predicted octanol–water partition coefficient (Wildman–Crippen LogP) is 3.26. The summed E-state index contributed by atoms with van der Waals surface area (Å²) in [6.45, 7) is 9.60. The molecule has 2 amide bonds. The Kier molecular flexibility index (Phi) is 9.94. The van der Waals surface area contributed by atoms with Crippen molar-refractivity contribution in [3.05, 3.63) is 62.4 Å². The van der Waals surface area contributed by atoms with Gasteiger partial charge in [0.1, 0.15) is 17.6 Å². The molecule has 1 aliphatic heterocycles. The topological polar surface area (TPSA) is 117 Å². The number of hydroxylamine groups is 2. The van der Waals surface area contributed by atoms with Crippen LogP contribution in [0.2, 0.25) is 0 Å². The van der Waals surface area contributed by atoms with Crippen LogP contribution < -0.4 is 21.0 Å². The van der Waals surface area contributed by atoms with Crippen molar-refractivity contribution >= 4 is 23.7 Å². The molecule has 0 bridgehead atoms. The number of rotatable bonds is 9. The Labute approximate surface area is 227 Å². The zero-order valence-electron chi connectivity index (χ0n) is 23.5. The van der Waals surface area contributed by atoms with E-state index in [1.165, 1.54) is 31.1 Å². The average Bonchev–Trinajstić information content (AvgIpc) is 2.92. The third kappa shape index (κ3) is 7.08. The fourth-order valence-electron chi connectivity index (χ4n) is 3.79. The van der Waals surface area contributed by atoms with E-state index < -0.39 is 17.3 Å². The normalized spacial score (nSPS) is 14.5. The summed E-state index contributed by atoms with van der Waals surface area (Å²) >= 11 is 0. The lowest BCUT2D eigenvalue weighted by Crippen LogP contribution is -2.57. The molecule has 12 nitrogen and oxygen atoms in total. The van der Waals surface area contributed by atoms with Gasteiger partial charge in [-0.05, 0) is 59.6 Å². The average molecular weight is 544 g/mol. The Morgan fingerprint density at radius 2 is 1.82 bits per heavy atom. The van der Waals surface area contributed by atoms with Gasteiger partial charge in [-0.3, -0.25) is 14.2 Å². The van der Waals surface area contributed by atoms with Gasteiger partial charge in [-0.15, -0.1) is 0 Å². The molecule has 0 spiro atoms. The van der Waals surface area contributed by atoms with E-state index in [1.54, 1.807) is 32.9 Å². The molecule has 0 atom stereocenters. The van der Waals surface area contributed by atoms with Crippen molar-refractivity contribution in [3.8, 4) is 5.75 Å². The van der Waals surface area contributed by atoms with E-state index >= 15 is 0 Å². The Morgan fingerprint density at radius 3 is 2.44 bits per heavy atom. The Bertz CT molecular complexity index is 1340. The summed E-state index contributed by atoms with van der Waals surface area (Å²) in [5, 5.41) is 6.13. The number of hydrogen-bond donors (Lipinski definition) is 0. The van der Waals surface area contributed by atoms with Crippen LogP contribution >= 0.6 is 0 Å². The van der Waals surface area contributed by atoms with E-state index in [0.29, 0.717) is 30.2 Å². The fourth-order valence-corrected chi connectivity index (χ4v) is 3.79. The van der Waals surface area contributed by atoms with Crippen LogP contribution in [0, 0.1) is 0 Å². The molecular formula is C27H37N5O7. The predicted molar refractivity (Wildman–Crippen MR) is 148 cm³/mol. The van der Waals surface area contributed by atoms with Crippen LogP contribution in [-0.4, -0.2) is 65.6 Å². The lowest BCUT2D eigenvalue weighted by Gasteiger charge is -2.30. The van der Waals surface area contributed by atoms with Crippen LogP contribution in [-0.2, 0) is 14.4 Å². The number of carbonyl (C=O) groups is 1. The summed E-state index contributed by atoms with van der Waals surface area (Å²) < 4.78 is 13.5. The fraction of sp³-hybridized carbons (Fsp3) is 0.481. The number of aromatic nitrogens is 2. The first kappa shape index (κ1) is 29.5. The van der Waals surface area contributed by atoms with Gasteiger partial charge in [0.05, 0.1) is 49.4 Å². The number of methoxy groups -OCH3 is 1.